The van der Waals surface area contributed by atoms with Crippen LogP contribution in [0.4, 0.5) is 4.79 Å². The summed E-state index contributed by atoms with van der Waals surface area (Å²) in [5.74, 6) is 0.622. The zero-order chi connectivity index (χ0) is 18.5. The van der Waals surface area contributed by atoms with Crippen molar-refractivity contribution in [1.82, 2.24) is 9.88 Å². The maximum Gasteiger partial charge on any atom is 0.410 e. The van der Waals surface area contributed by atoms with Crippen LogP contribution in [0.15, 0.2) is 18.5 Å². The molecule has 0 aromatic carbocycles. The summed E-state index contributed by atoms with van der Waals surface area (Å²) in [5.41, 5.74) is 1.26. The molecule has 1 aromatic rings. The summed E-state index contributed by atoms with van der Waals surface area (Å²) in [6.45, 7) is 5.68. The second kappa shape index (κ2) is 5.97. The van der Waals surface area contributed by atoms with Crippen LogP contribution in [0.2, 0.25) is 0 Å². The van der Waals surface area contributed by atoms with Gasteiger partial charge in [0.05, 0.1) is 11.5 Å². The SMILES string of the molecule is CC(C)(C)OC(=O)N1[C@@H]2CC[C@H]1C[C@](C#N)(c1cncc(C3CC3)c1)C2. The Labute approximate surface area is 155 Å². The first-order chi connectivity index (χ1) is 12.3. The van der Waals surface area contributed by atoms with E-state index in [-0.39, 0.29) is 18.2 Å². The van der Waals surface area contributed by atoms with Gasteiger partial charge in [0, 0.05) is 24.5 Å². The van der Waals surface area contributed by atoms with Gasteiger partial charge in [-0.2, -0.15) is 5.26 Å². The molecule has 1 saturated carbocycles. The van der Waals surface area contributed by atoms with Gasteiger partial charge in [-0.1, -0.05) is 6.07 Å². The first-order valence-corrected chi connectivity index (χ1v) is 9.69. The number of rotatable bonds is 2. The zero-order valence-electron chi connectivity index (χ0n) is 15.9. The second-order valence-corrected chi connectivity index (χ2v) is 9.16. The number of amides is 1. The number of pyridine rings is 1. The number of hydrogen-bond donors (Lipinski definition) is 0. The Morgan fingerprint density at radius 2 is 1.88 bits per heavy atom. The predicted octanol–water partition coefficient (Wildman–Crippen LogP) is 4.28. The molecule has 2 bridgehead atoms. The van der Waals surface area contributed by atoms with E-state index in [4.69, 9.17) is 4.74 Å². The third-order valence-electron chi connectivity index (χ3n) is 5.97. The molecule has 1 aromatic heterocycles. The molecule has 0 unspecified atom stereocenters. The van der Waals surface area contributed by atoms with Gasteiger partial charge in [0.2, 0.25) is 0 Å². The van der Waals surface area contributed by atoms with Crippen molar-refractivity contribution in [1.29, 1.82) is 5.26 Å². The van der Waals surface area contributed by atoms with E-state index in [2.05, 4.69) is 17.1 Å². The van der Waals surface area contributed by atoms with E-state index < -0.39 is 11.0 Å². The summed E-state index contributed by atoms with van der Waals surface area (Å²) in [4.78, 5) is 19.0. The lowest BCUT2D eigenvalue weighted by molar-refractivity contribution is 0.00232. The van der Waals surface area contributed by atoms with Crippen molar-refractivity contribution in [3.63, 3.8) is 0 Å². The van der Waals surface area contributed by atoms with Crippen LogP contribution in [0.5, 0.6) is 0 Å². The van der Waals surface area contributed by atoms with Crippen LogP contribution in [-0.2, 0) is 10.2 Å². The fourth-order valence-corrected chi connectivity index (χ4v) is 4.61. The maximum atomic E-state index is 12.7. The molecular weight excluding hydrogens is 326 g/mol. The van der Waals surface area contributed by atoms with Crippen molar-refractivity contribution in [3.05, 3.63) is 29.6 Å². The van der Waals surface area contributed by atoms with Gasteiger partial charge in [-0.3, -0.25) is 4.98 Å². The molecule has 138 valence electrons. The fraction of sp³-hybridized carbons (Fsp3) is 0.667. The number of carbonyl (C=O) groups is 1. The van der Waals surface area contributed by atoms with Gasteiger partial charge in [0.15, 0.2) is 0 Å². The summed E-state index contributed by atoms with van der Waals surface area (Å²) in [6, 6.07) is 4.95. The molecule has 2 aliphatic heterocycles. The van der Waals surface area contributed by atoms with Crippen molar-refractivity contribution in [2.45, 2.75) is 88.3 Å². The van der Waals surface area contributed by atoms with Gasteiger partial charge >= 0.3 is 6.09 Å². The second-order valence-electron chi connectivity index (χ2n) is 9.16. The van der Waals surface area contributed by atoms with Crippen molar-refractivity contribution < 1.29 is 9.53 Å². The van der Waals surface area contributed by atoms with Gasteiger partial charge in [-0.15, -0.1) is 0 Å². The van der Waals surface area contributed by atoms with E-state index >= 15 is 0 Å². The average molecular weight is 353 g/mol. The largest absolute Gasteiger partial charge is 0.444 e. The van der Waals surface area contributed by atoms with Gasteiger partial charge in [-0.25, -0.2) is 4.79 Å². The Bertz CT molecular complexity index is 743. The highest BCUT2D eigenvalue weighted by molar-refractivity contribution is 5.70. The van der Waals surface area contributed by atoms with Crippen molar-refractivity contribution >= 4 is 6.09 Å². The quantitative estimate of drug-likeness (QED) is 0.796. The first-order valence-electron chi connectivity index (χ1n) is 9.69. The molecule has 0 N–H and O–H groups in total. The van der Waals surface area contributed by atoms with Crippen LogP contribution in [0, 0.1) is 11.3 Å². The highest BCUT2D eigenvalue weighted by atomic mass is 16.6. The van der Waals surface area contributed by atoms with Crippen LogP contribution in [0.1, 0.15) is 76.3 Å². The third kappa shape index (κ3) is 3.06. The van der Waals surface area contributed by atoms with E-state index in [0.29, 0.717) is 18.8 Å². The molecule has 5 nitrogen and oxygen atoms in total. The maximum absolute atomic E-state index is 12.7. The van der Waals surface area contributed by atoms with E-state index in [1.54, 1.807) is 0 Å². The number of fused-ring (bicyclic) bond motifs is 2. The lowest BCUT2D eigenvalue weighted by Crippen LogP contribution is -2.52. The normalized spacial score (nSPS) is 30.8. The Hall–Kier alpha value is -2.09. The number of nitriles is 1. The molecule has 3 atom stereocenters. The van der Waals surface area contributed by atoms with Crippen LogP contribution in [0.3, 0.4) is 0 Å². The highest BCUT2D eigenvalue weighted by Crippen LogP contribution is 2.48. The number of piperidine rings is 1. The van der Waals surface area contributed by atoms with E-state index in [0.717, 1.165) is 18.4 Å². The number of nitrogens with zero attached hydrogens (tertiary/aromatic N) is 3. The molecule has 26 heavy (non-hydrogen) atoms. The average Bonchev–Trinajstić information content (AvgIpc) is 3.39. The molecule has 3 heterocycles. The topological polar surface area (TPSA) is 66.2 Å². The summed E-state index contributed by atoms with van der Waals surface area (Å²) in [6.07, 6.45) is 9.26. The Morgan fingerprint density at radius 3 is 2.42 bits per heavy atom. The smallest absolute Gasteiger partial charge is 0.410 e. The monoisotopic (exact) mass is 353 g/mol. The summed E-state index contributed by atoms with van der Waals surface area (Å²) < 4.78 is 5.62. The number of carbonyl (C=O) groups excluding carboxylic acids is 1. The Balaban J connectivity index is 1.59. The summed E-state index contributed by atoms with van der Waals surface area (Å²) in [7, 11) is 0. The predicted molar refractivity (Wildman–Crippen MR) is 97.6 cm³/mol. The van der Waals surface area contributed by atoms with E-state index in [9.17, 15) is 10.1 Å². The molecule has 1 amide bonds. The van der Waals surface area contributed by atoms with Crippen molar-refractivity contribution in [3.8, 4) is 6.07 Å². The molecule has 0 radical (unpaired) electrons. The summed E-state index contributed by atoms with van der Waals surface area (Å²) in [5, 5.41) is 10.1. The molecule has 2 saturated heterocycles. The standard InChI is InChI=1S/C21H27N3O2/c1-20(2,3)26-19(25)24-17-6-7-18(24)10-21(9-17,13-22)16-8-15(11-23-12-16)14-4-5-14/h8,11-12,14,17-18H,4-7,9-10H2,1-3H3/t17-,18+,21-. The molecule has 3 aliphatic rings. The molecular formula is C21H27N3O2. The van der Waals surface area contributed by atoms with Crippen molar-refractivity contribution in [2.24, 2.45) is 0 Å². The van der Waals surface area contributed by atoms with Crippen LogP contribution in [0.25, 0.3) is 0 Å². The van der Waals surface area contributed by atoms with E-state index in [1.165, 1.54) is 18.4 Å². The minimum atomic E-state index is -0.539. The van der Waals surface area contributed by atoms with Crippen LogP contribution in [-0.4, -0.2) is 33.7 Å². The van der Waals surface area contributed by atoms with Gasteiger partial charge < -0.3 is 9.64 Å². The lowest BCUT2D eigenvalue weighted by atomic mass is 9.71. The van der Waals surface area contributed by atoms with Crippen LogP contribution < -0.4 is 0 Å². The Kier molecular flexibility index (Phi) is 3.98. The lowest BCUT2D eigenvalue weighted by Gasteiger charge is -2.43. The van der Waals surface area contributed by atoms with Gasteiger partial charge in [0.1, 0.15) is 5.60 Å². The number of ether oxygens (including phenoxy) is 1. The van der Waals surface area contributed by atoms with Gasteiger partial charge in [-0.05, 0) is 76.3 Å². The van der Waals surface area contributed by atoms with Crippen LogP contribution >= 0.6 is 0 Å². The van der Waals surface area contributed by atoms with Gasteiger partial charge in [0.25, 0.3) is 0 Å². The van der Waals surface area contributed by atoms with Crippen molar-refractivity contribution in [2.75, 3.05) is 0 Å². The summed E-state index contributed by atoms with van der Waals surface area (Å²) >= 11 is 0. The highest BCUT2D eigenvalue weighted by Gasteiger charge is 2.52. The molecule has 1 aliphatic carbocycles. The first kappa shape index (κ1) is 17.3. The number of hydrogen-bond acceptors (Lipinski definition) is 4. The minimum absolute atomic E-state index is 0.0767. The molecule has 0 spiro atoms. The molecule has 5 heteroatoms. The molecule has 4 rings (SSSR count). The number of aromatic nitrogens is 1. The fourth-order valence-electron chi connectivity index (χ4n) is 4.61. The minimum Gasteiger partial charge on any atom is -0.444 e. The third-order valence-corrected chi connectivity index (χ3v) is 5.97. The zero-order valence-corrected chi connectivity index (χ0v) is 15.9. The van der Waals surface area contributed by atoms with E-state index in [1.807, 2.05) is 38.1 Å². The Morgan fingerprint density at radius 1 is 1.23 bits per heavy atom. The molecule has 3 fully saturated rings.